The molecule has 13 heavy (non-hydrogen) atoms. The van der Waals surface area contributed by atoms with Gasteiger partial charge in [0.15, 0.2) is 0 Å². The van der Waals surface area contributed by atoms with Crippen LogP contribution in [0.25, 0.3) is 0 Å². The minimum atomic E-state index is -0.170. The van der Waals surface area contributed by atoms with E-state index >= 15 is 0 Å². The summed E-state index contributed by atoms with van der Waals surface area (Å²) < 4.78 is 0. The molecule has 0 aliphatic rings. The van der Waals surface area contributed by atoms with Crippen molar-refractivity contribution in [1.82, 2.24) is 0 Å². The van der Waals surface area contributed by atoms with Gasteiger partial charge in [-0.2, -0.15) is 0 Å². The van der Waals surface area contributed by atoms with Crippen molar-refractivity contribution in [2.45, 2.75) is 45.6 Å². The lowest BCUT2D eigenvalue weighted by molar-refractivity contribution is 0.185. The van der Waals surface area contributed by atoms with Crippen molar-refractivity contribution in [3.8, 4) is 0 Å². The molecule has 0 aliphatic carbocycles. The van der Waals surface area contributed by atoms with Gasteiger partial charge in [0.25, 0.3) is 0 Å². The largest absolute Gasteiger partial charge is 0.393 e. The lowest BCUT2D eigenvalue weighted by atomic mass is 10.2. The molecule has 0 radical (unpaired) electrons. The Morgan fingerprint density at radius 1 is 1.31 bits per heavy atom. The first-order valence-corrected chi connectivity index (χ1v) is 5.79. The Labute approximate surface area is 84.4 Å². The van der Waals surface area contributed by atoms with Crippen molar-refractivity contribution in [3.63, 3.8) is 0 Å². The lowest BCUT2D eigenvalue weighted by Crippen LogP contribution is -1.99. The highest BCUT2D eigenvalue weighted by atomic mass is 32.1. The fourth-order valence-corrected chi connectivity index (χ4v) is 2.42. The Kier molecular flexibility index (Phi) is 4.46. The first-order valence-electron chi connectivity index (χ1n) is 4.98. The van der Waals surface area contributed by atoms with Crippen LogP contribution in [0.15, 0.2) is 12.1 Å². The average molecular weight is 198 g/mol. The number of aliphatic hydroxyl groups is 1. The Bertz CT molecular complexity index is 240. The number of thiophene rings is 1. The molecule has 1 aromatic heterocycles. The summed E-state index contributed by atoms with van der Waals surface area (Å²) in [4.78, 5) is 2.88. The average Bonchev–Trinajstić information content (AvgIpc) is 2.50. The highest BCUT2D eigenvalue weighted by molar-refractivity contribution is 7.11. The minimum absolute atomic E-state index is 0.170. The second-order valence-corrected chi connectivity index (χ2v) is 4.76. The molecule has 74 valence electrons. The summed E-state index contributed by atoms with van der Waals surface area (Å²) in [6.07, 6.45) is 4.14. The van der Waals surface area contributed by atoms with Crippen LogP contribution in [-0.4, -0.2) is 11.2 Å². The van der Waals surface area contributed by atoms with Crippen molar-refractivity contribution in [3.05, 3.63) is 21.9 Å². The predicted molar refractivity (Wildman–Crippen MR) is 58.3 cm³/mol. The van der Waals surface area contributed by atoms with Crippen LogP contribution in [-0.2, 0) is 12.8 Å². The van der Waals surface area contributed by atoms with E-state index in [1.165, 1.54) is 22.6 Å². The van der Waals surface area contributed by atoms with Crippen LogP contribution < -0.4 is 0 Å². The predicted octanol–water partition coefficient (Wildman–Crippen LogP) is 3.01. The van der Waals surface area contributed by atoms with Crippen LogP contribution in [0.4, 0.5) is 0 Å². The van der Waals surface area contributed by atoms with Gasteiger partial charge in [0.2, 0.25) is 0 Å². The zero-order chi connectivity index (χ0) is 9.68. The summed E-state index contributed by atoms with van der Waals surface area (Å²) in [5, 5.41) is 9.13. The van der Waals surface area contributed by atoms with Crippen molar-refractivity contribution in [1.29, 1.82) is 0 Å². The van der Waals surface area contributed by atoms with Crippen LogP contribution in [0.3, 0.4) is 0 Å². The van der Waals surface area contributed by atoms with Gasteiger partial charge in [0.05, 0.1) is 6.10 Å². The molecule has 0 spiro atoms. The molecule has 1 nitrogen and oxygen atoms in total. The van der Waals surface area contributed by atoms with E-state index in [2.05, 4.69) is 19.1 Å². The third kappa shape index (κ3) is 3.92. The molecule has 0 amide bonds. The van der Waals surface area contributed by atoms with E-state index in [1.807, 2.05) is 18.3 Å². The molecule has 1 aromatic rings. The fraction of sp³-hybridized carbons (Fsp3) is 0.636. The standard InChI is InChI=1S/C11H18OS/c1-3-4-10-7-8-11(13-10)6-5-9(2)12/h7-9,12H,3-6H2,1-2H3/t9-/m1/s1. The lowest BCUT2D eigenvalue weighted by Gasteiger charge is -2.00. The highest BCUT2D eigenvalue weighted by Crippen LogP contribution is 2.19. The number of aliphatic hydroxyl groups excluding tert-OH is 1. The van der Waals surface area contributed by atoms with Gasteiger partial charge in [-0.15, -0.1) is 11.3 Å². The maximum Gasteiger partial charge on any atom is 0.0515 e. The molecule has 1 rings (SSSR count). The number of aryl methyl sites for hydroxylation is 2. The van der Waals surface area contributed by atoms with Crippen molar-refractivity contribution in [2.75, 3.05) is 0 Å². The second kappa shape index (κ2) is 5.40. The molecule has 0 fully saturated rings. The Morgan fingerprint density at radius 3 is 2.46 bits per heavy atom. The number of hydrogen-bond donors (Lipinski definition) is 1. The third-order valence-electron chi connectivity index (χ3n) is 2.02. The zero-order valence-corrected chi connectivity index (χ0v) is 9.23. The van der Waals surface area contributed by atoms with E-state index in [0.29, 0.717) is 0 Å². The van der Waals surface area contributed by atoms with Crippen molar-refractivity contribution >= 4 is 11.3 Å². The first kappa shape index (κ1) is 10.7. The van der Waals surface area contributed by atoms with Crippen LogP contribution >= 0.6 is 11.3 Å². The SMILES string of the molecule is CCCc1ccc(CC[C@@H](C)O)s1. The Balaban J connectivity index is 2.39. The molecule has 1 heterocycles. The molecule has 0 unspecified atom stereocenters. The maximum absolute atomic E-state index is 9.13. The summed E-state index contributed by atoms with van der Waals surface area (Å²) >= 11 is 1.89. The number of rotatable bonds is 5. The van der Waals surface area contributed by atoms with E-state index in [4.69, 9.17) is 5.11 Å². The molecule has 0 bridgehead atoms. The van der Waals surface area contributed by atoms with Gasteiger partial charge >= 0.3 is 0 Å². The monoisotopic (exact) mass is 198 g/mol. The van der Waals surface area contributed by atoms with Gasteiger partial charge in [-0.1, -0.05) is 13.3 Å². The summed E-state index contributed by atoms with van der Waals surface area (Å²) in [6.45, 7) is 4.05. The van der Waals surface area contributed by atoms with E-state index in [1.54, 1.807) is 0 Å². The van der Waals surface area contributed by atoms with Crippen molar-refractivity contribution in [2.24, 2.45) is 0 Å². The van der Waals surface area contributed by atoms with E-state index in [0.717, 1.165) is 12.8 Å². The molecule has 0 saturated carbocycles. The van der Waals surface area contributed by atoms with E-state index in [-0.39, 0.29) is 6.10 Å². The topological polar surface area (TPSA) is 20.2 Å². The highest BCUT2D eigenvalue weighted by Gasteiger charge is 2.01. The summed E-state index contributed by atoms with van der Waals surface area (Å²) in [6, 6.07) is 4.41. The molecule has 0 aliphatic heterocycles. The zero-order valence-electron chi connectivity index (χ0n) is 8.42. The fourth-order valence-electron chi connectivity index (χ4n) is 1.29. The van der Waals surface area contributed by atoms with Gasteiger partial charge < -0.3 is 5.11 Å². The Hall–Kier alpha value is -0.340. The first-order chi connectivity index (χ1) is 6.22. The summed E-state index contributed by atoms with van der Waals surface area (Å²) in [5.41, 5.74) is 0. The van der Waals surface area contributed by atoms with Crippen molar-refractivity contribution < 1.29 is 5.11 Å². The van der Waals surface area contributed by atoms with Gasteiger partial charge in [0.1, 0.15) is 0 Å². The van der Waals surface area contributed by atoms with Gasteiger partial charge in [0, 0.05) is 9.75 Å². The van der Waals surface area contributed by atoms with Crippen LogP contribution in [0.5, 0.6) is 0 Å². The molecule has 0 saturated heterocycles. The van der Waals surface area contributed by atoms with Gasteiger partial charge in [-0.3, -0.25) is 0 Å². The normalized spacial score (nSPS) is 13.2. The summed E-state index contributed by atoms with van der Waals surface area (Å²) in [7, 11) is 0. The molecular formula is C11H18OS. The maximum atomic E-state index is 9.13. The molecular weight excluding hydrogens is 180 g/mol. The van der Waals surface area contributed by atoms with Gasteiger partial charge in [-0.25, -0.2) is 0 Å². The van der Waals surface area contributed by atoms with Crippen LogP contribution in [0.1, 0.15) is 36.4 Å². The smallest absolute Gasteiger partial charge is 0.0515 e. The van der Waals surface area contributed by atoms with Crippen LogP contribution in [0.2, 0.25) is 0 Å². The Morgan fingerprint density at radius 2 is 1.92 bits per heavy atom. The van der Waals surface area contributed by atoms with Crippen LogP contribution in [0, 0.1) is 0 Å². The van der Waals surface area contributed by atoms with E-state index in [9.17, 15) is 0 Å². The second-order valence-electron chi connectivity index (χ2n) is 3.51. The quantitative estimate of drug-likeness (QED) is 0.771. The minimum Gasteiger partial charge on any atom is -0.393 e. The molecule has 2 heteroatoms. The third-order valence-corrected chi connectivity index (χ3v) is 3.23. The van der Waals surface area contributed by atoms with Gasteiger partial charge in [-0.05, 0) is 38.3 Å². The molecule has 0 aromatic carbocycles. The number of hydrogen-bond acceptors (Lipinski definition) is 2. The molecule has 1 atom stereocenters. The van der Waals surface area contributed by atoms with E-state index < -0.39 is 0 Å². The summed E-state index contributed by atoms with van der Waals surface area (Å²) in [5.74, 6) is 0. The molecule has 1 N–H and O–H groups in total.